The maximum Gasteiger partial charge on any atom is 0.182 e. The molecule has 1 aliphatic carbocycles. The monoisotopic (exact) mass is 310 g/mol. The number of allylic oxidation sites excluding steroid dienone is 3. The van der Waals surface area contributed by atoms with Gasteiger partial charge in [0.1, 0.15) is 0 Å². The first kappa shape index (κ1) is 14.8. The molecule has 0 heterocycles. The predicted octanol–water partition coefficient (Wildman–Crippen LogP) is 4.40. The van der Waals surface area contributed by atoms with Crippen LogP contribution in [0.25, 0.3) is 11.1 Å². The molecule has 2 aromatic carbocycles. The average Bonchev–Trinajstić information content (AvgIpc) is 2.56. The van der Waals surface area contributed by atoms with E-state index in [1.807, 2.05) is 54.6 Å². The normalized spacial score (nSPS) is 14.6. The minimum atomic E-state index is -3.34. The van der Waals surface area contributed by atoms with Crippen molar-refractivity contribution in [1.29, 1.82) is 0 Å². The Morgan fingerprint density at radius 1 is 0.864 bits per heavy atom. The standard InChI is InChI=1S/C19H18O2S/c20-22(21,15-16-9-3-1-4-10-16)19-14-8-7-13-18(19)17-11-5-2-6-12-17/h1-3,5-8,10-14H,4,9,15H2. The Morgan fingerprint density at radius 3 is 2.32 bits per heavy atom. The molecule has 0 unspecified atom stereocenters. The first-order valence-electron chi connectivity index (χ1n) is 7.37. The Kier molecular flexibility index (Phi) is 4.25. The zero-order valence-electron chi connectivity index (χ0n) is 12.3. The molecule has 0 N–H and O–H groups in total. The largest absolute Gasteiger partial charge is 0.223 e. The summed E-state index contributed by atoms with van der Waals surface area (Å²) in [6, 6.07) is 16.9. The minimum absolute atomic E-state index is 0.0984. The van der Waals surface area contributed by atoms with Gasteiger partial charge in [0.05, 0.1) is 10.6 Å². The van der Waals surface area contributed by atoms with Gasteiger partial charge in [-0.1, -0.05) is 72.3 Å². The number of benzene rings is 2. The van der Waals surface area contributed by atoms with E-state index in [-0.39, 0.29) is 5.75 Å². The Bertz CT molecular complexity index is 816. The molecule has 3 heteroatoms. The van der Waals surface area contributed by atoms with Crippen molar-refractivity contribution in [2.45, 2.75) is 17.7 Å². The molecule has 0 saturated carbocycles. The second kappa shape index (κ2) is 6.32. The van der Waals surface area contributed by atoms with Crippen molar-refractivity contribution in [2.24, 2.45) is 0 Å². The van der Waals surface area contributed by atoms with Gasteiger partial charge in [0.25, 0.3) is 0 Å². The molecule has 0 fully saturated rings. The second-order valence-corrected chi connectivity index (χ2v) is 7.35. The molecule has 0 aliphatic heterocycles. The van der Waals surface area contributed by atoms with Gasteiger partial charge in [0.15, 0.2) is 9.84 Å². The Labute approximate surface area is 131 Å². The topological polar surface area (TPSA) is 34.1 Å². The van der Waals surface area contributed by atoms with Gasteiger partial charge in [-0.25, -0.2) is 8.42 Å². The summed E-state index contributed by atoms with van der Waals surface area (Å²) >= 11 is 0. The predicted molar refractivity (Wildman–Crippen MR) is 90.4 cm³/mol. The Morgan fingerprint density at radius 2 is 1.59 bits per heavy atom. The van der Waals surface area contributed by atoms with Crippen LogP contribution >= 0.6 is 0 Å². The molecule has 1 aliphatic rings. The quantitative estimate of drug-likeness (QED) is 0.784. The number of sulfone groups is 1. The molecule has 0 aromatic heterocycles. The van der Waals surface area contributed by atoms with E-state index in [0.717, 1.165) is 29.5 Å². The van der Waals surface area contributed by atoms with Crippen molar-refractivity contribution in [3.63, 3.8) is 0 Å². The molecule has 2 nitrogen and oxygen atoms in total. The van der Waals surface area contributed by atoms with E-state index >= 15 is 0 Å². The molecule has 0 amide bonds. The van der Waals surface area contributed by atoms with Crippen LogP contribution in [-0.2, 0) is 9.84 Å². The first-order chi connectivity index (χ1) is 10.7. The van der Waals surface area contributed by atoms with E-state index in [2.05, 4.69) is 6.08 Å². The summed E-state index contributed by atoms with van der Waals surface area (Å²) in [5.41, 5.74) is 2.68. The highest BCUT2D eigenvalue weighted by Crippen LogP contribution is 2.29. The lowest BCUT2D eigenvalue weighted by Crippen LogP contribution is -2.11. The summed E-state index contributed by atoms with van der Waals surface area (Å²) < 4.78 is 25.7. The molecule has 0 atom stereocenters. The van der Waals surface area contributed by atoms with Crippen LogP contribution in [0, 0.1) is 0 Å². The lowest BCUT2D eigenvalue weighted by molar-refractivity contribution is 0.598. The van der Waals surface area contributed by atoms with Gasteiger partial charge in [-0.15, -0.1) is 0 Å². The lowest BCUT2D eigenvalue weighted by Gasteiger charge is -2.13. The summed E-state index contributed by atoms with van der Waals surface area (Å²) in [6.45, 7) is 0. The lowest BCUT2D eigenvalue weighted by atomic mass is 10.1. The summed E-state index contributed by atoms with van der Waals surface area (Å²) in [4.78, 5) is 0.414. The maximum atomic E-state index is 12.8. The van der Waals surface area contributed by atoms with Crippen molar-refractivity contribution < 1.29 is 8.42 Å². The summed E-state index contributed by atoms with van der Waals surface area (Å²) in [5, 5.41) is 0. The number of rotatable bonds is 4. The Balaban J connectivity index is 1.99. The molecule has 3 rings (SSSR count). The van der Waals surface area contributed by atoms with E-state index in [1.54, 1.807) is 12.1 Å². The molecular formula is C19H18O2S. The summed E-state index contributed by atoms with van der Waals surface area (Å²) in [7, 11) is -3.34. The third-order valence-corrected chi connectivity index (χ3v) is 5.55. The van der Waals surface area contributed by atoms with Crippen LogP contribution in [-0.4, -0.2) is 14.2 Å². The third kappa shape index (κ3) is 3.20. The summed E-state index contributed by atoms with van der Waals surface area (Å²) in [5.74, 6) is 0.0984. The van der Waals surface area contributed by atoms with Crippen LogP contribution in [0.5, 0.6) is 0 Å². The number of hydrogen-bond acceptors (Lipinski definition) is 2. The highest BCUT2D eigenvalue weighted by Gasteiger charge is 2.20. The molecule has 2 aromatic rings. The van der Waals surface area contributed by atoms with E-state index in [1.165, 1.54) is 0 Å². The third-order valence-electron chi connectivity index (χ3n) is 3.77. The molecule has 0 spiro atoms. The molecule has 22 heavy (non-hydrogen) atoms. The maximum absolute atomic E-state index is 12.8. The van der Waals surface area contributed by atoms with Crippen molar-refractivity contribution in [2.75, 3.05) is 5.75 Å². The van der Waals surface area contributed by atoms with Crippen LogP contribution in [0.15, 0.2) is 83.3 Å². The smallest absolute Gasteiger partial charge is 0.182 e. The first-order valence-corrected chi connectivity index (χ1v) is 9.02. The van der Waals surface area contributed by atoms with Gasteiger partial charge < -0.3 is 0 Å². The van der Waals surface area contributed by atoms with Crippen LogP contribution in [0.3, 0.4) is 0 Å². The summed E-state index contributed by atoms with van der Waals surface area (Å²) in [6.07, 6.45) is 7.67. The fourth-order valence-corrected chi connectivity index (χ4v) is 4.37. The fraction of sp³-hybridized carbons (Fsp3) is 0.158. The molecule has 0 bridgehead atoms. The van der Waals surface area contributed by atoms with Gasteiger partial charge in [-0.2, -0.15) is 0 Å². The number of hydrogen-bond donors (Lipinski definition) is 0. The minimum Gasteiger partial charge on any atom is -0.223 e. The van der Waals surface area contributed by atoms with Crippen molar-refractivity contribution in [3.8, 4) is 11.1 Å². The SMILES string of the molecule is O=S(=O)(CC1=CCC=CC1)c1ccccc1-c1ccccc1. The van der Waals surface area contributed by atoms with Crippen LogP contribution < -0.4 is 0 Å². The van der Waals surface area contributed by atoms with E-state index in [9.17, 15) is 8.42 Å². The van der Waals surface area contributed by atoms with Crippen LogP contribution in [0.1, 0.15) is 12.8 Å². The highest BCUT2D eigenvalue weighted by molar-refractivity contribution is 7.91. The molecule has 0 radical (unpaired) electrons. The average molecular weight is 310 g/mol. The molecule has 112 valence electrons. The molecular weight excluding hydrogens is 292 g/mol. The second-order valence-electron chi connectivity index (χ2n) is 5.39. The van der Waals surface area contributed by atoms with Gasteiger partial charge in [-0.05, 0) is 24.5 Å². The highest BCUT2D eigenvalue weighted by atomic mass is 32.2. The van der Waals surface area contributed by atoms with E-state index in [0.29, 0.717) is 4.90 Å². The van der Waals surface area contributed by atoms with Gasteiger partial charge in [0, 0.05) is 5.56 Å². The zero-order valence-corrected chi connectivity index (χ0v) is 13.1. The van der Waals surface area contributed by atoms with Crippen LogP contribution in [0.4, 0.5) is 0 Å². The van der Waals surface area contributed by atoms with Gasteiger partial charge >= 0.3 is 0 Å². The fourth-order valence-electron chi connectivity index (χ4n) is 2.68. The van der Waals surface area contributed by atoms with Gasteiger partial charge in [0.2, 0.25) is 0 Å². The van der Waals surface area contributed by atoms with Crippen molar-refractivity contribution in [1.82, 2.24) is 0 Å². The van der Waals surface area contributed by atoms with Crippen molar-refractivity contribution in [3.05, 3.63) is 78.4 Å². The Hall–Kier alpha value is -2.13. The zero-order chi connectivity index (χ0) is 15.4. The van der Waals surface area contributed by atoms with Gasteiger partial charge in [-0.3, -0.25) is 0 Å². The van der Waals surface area contributed by atoms with E-state index < -0.39 is 9.84 Å². The van der Waals surface area contributed by atoms with Crippen molar-refractivity contribution >= 4 is 9.84 Å². The van der Waals surface area contributed by atoms with E-state index in [4.69, 9.17) is 0 Å². The van der Waals surface area contributed by atoms with Crippen LogP contribution in [0.2, 0.25) is 0 Å². The molecule has 0 saturated heterocycles.